The van der Waals surface area contributed by atoms with Crippen molar-refractivity contribution in [3.05, 3.63) is 72.3 Å². The second-order valence-electron chi connectivity index (χ2n) is 4.54. The summed E-state index contributed by atoms with van der Waals surface area (Å²) in [5, 5.41) is 20.5. The quantitative estimate of drug-likeness (QED) is 0.819. The number of ether oxygens (including phenoxy) is 1. The first kappa shape index (κ1) is 14.2. The highest BCUT2D eigenvalue weighted by Crippen LogP contribution is 2.38. The monoisotopic (exact) mass is 270 g/mol. The van der Waals surface area contributed by atoms with Gasteiger partial charge >= 0.3 is 0 Å². The van der Waals surface area contributed by atoms with Gasteiger partial charge in [0.2, 0.25) is 0 Å². The standard InChI is InChI=1S/C17H18O3/c1-3-14(17(19)12-7-5-4-6-8-12)15-11-13(20-2)9-10-16(15)18/h3-11,14,17-19H,1H2,2H3/t14-,17+/m0/s1. The van der Waals surface area contributed by atoms with Crippen molar-refractivity contribution in [3.63, 3.8) is 0 Å². The first-order valence-electron chi connectivity index (χ1n) is 6.40. The van der Waals surface area contributed by atoms with Crippen molar-refractivity contribution in [2.45, 2.75) is 12.0 Å². The fourth-order valence-electron chi connectivity index (χ4n) is 2.21. The van der Waals surface area contributed by atoms with Gasteiger partial charge in [-0.05, 0) is 23.8 Å². The summed E-state index contributed by atoms with van der Waals surface area (Å²) in [7, 11) is 1.56. The third-order valence-corrected chi connectivity index (χ3v) is 3.33. The summed E-state index contributed by atoms with van der Waals surface area (Å²) >= 11 is 0. The molecule has 0 bridgehead atoms. The van der Waals surface area contributed by atoms with Gasteiger partial charge in [-0.1, -0.05) is 36.4 Å². The molecule has 0 unspecified atom stereocenters. The van der Waals surface area contributed by atoms with Gasteiger partial charge in [0.1, 0.15) is 11.5 Å². The molecule has 0 heterocycles. The molecule has 20 heavy (non-hydrogen) atoms. The maximum atomic E-state index is 10.5. The van der Waals surface area contributed by atoms with Gasteiger partial charge in [0, 0.05) is 11.5 Å². The number of aliphatic hydroxyl groups is 1. The topological polar surface area (TPSA) is 49.7 Å². The van der Waals surface area contributed by atoms with Crippen LogP contribution < -0.4 is 4.74 Å². The lowest BCUT2D eigenvalue weighted by atomic mass is 9.88. The van der Waals surface area contributed by atoms with Crippen LogP contribution in [0.3, 0.4) is 0 Å². The van der Waals surface area contributed by atoms with Gasteiger partial charge in [-0.2, -0.15) is 0 Å². The Morgan fingerprint density at radius 2 is 1.85 bits per heavy atom. The number of benzene rings is 2. The van der Waals surface area contributed by atoms with Crippen LogP contribution in [-0.4, -0.2) is 17.3 Å². The Kier molecular flexibility index (Phi) is 4.43. The molecule has 0 saturated carbocycles. The number of aromatic hydroxyl groups is 1. The summed E-state index contributed by atoms with van der Waals surface area (Å²) in [5.74, 6) is 0.336. The Bertz CT molecular complexity index is 578. The number of phenolic OH excluding ortho intramolecular Hbond substituents is 1. The maximum absolute atomic E-state index is 10.5. The van der Waals surface area contributed by atoms with E-state index in [1.807, 2.05) is 30.3 Å². The molecule has 0 aromatic heterocycles. The van der Waals surface area contributed by atoms with Crippen LogP contribution in [0.4, 0.5) is 0 Å². The van der Waals surface area contributed by atoms with Crippen LogP contribution in [0.1, 0.15) is 23.1 Å². The summed E-state index contributed by atoms with van der Waals surface area (Å²) in [5.41, 5.74) is 1.37. The van der Waals surface area contributed by atoms with E-state index < -0.39 is 12.0 Å². The molecule has 2 aromatic carbocycles. The molecule has 0 fully saturated rings. The molecule has 2 N–H and O–H groups in total. The number of hydrogen-bond donors (Lipinski definition) is 2. The molecule has 3 heteroatoms. The predicted octanol–water partition coefficient (Wildman–Crippen LogP) is 3.40. The van der Waals surface area contributed by atoms with Crippen LogP contribution in [0.15, 0.2) is 61.2 Å². The summed E-state index contributed by atoms with van der Waals surface area (Å²) in [6, 6.07) is 14.3. The highest BCUT2D eigenvalue weighted by atomic mass is 16.5. The zero-order valence-electron chi connectivity index (χ0n) is 11.4. The Morgan fingerprint density at radius 1 is 1.15 bits per heavy atom. The summed E-state index contributed by atoms with van der Waals surface area (Å²) < 4.78 is 5.16. The van der Waals surface area contributed by atoms with Crippen molar-refractivity contribution < 1.29 is 14.9 Å². The number of hydrogen-bond acceptors (Lipinski definition) is 3. The molecule has 104 valence electrons. The Balaban J connectivity index is 2.40. The van der Waals surface area contributed by atoms with E-state index in [-0.39, 0.29) is 5.75 Å². The third kappa shape index (κ3) is 2.83. The van der Waals surface area contributed by atoms with E-state index in [1.54, 1.807) is 31.4 Å². The highest BCUT2D eigenvalue weighted by Gasteiger charge is 2.22. The van der Waals surface area contributed by atoms with Gasteiger partial charge < -0.3 is 14.9 Å². The molecule has 0 spiro atoms. The number of methoxy groups -OCH3 is 1. The van der Waals surface area contributed by atoms with E-state index in [9.17, 15) is 10.2 Å². The first-order valence-corrected chi connectivity index (χ1v) is 6.40. The molecule has 2 aromatic rings. The highest BCUT2D eigenvalue weighted by molar-refractivity contribution is 5.44. The minimum Gasteiger partial charge on any atom is -0.508 e. The van der Waals surface area contributed by atoms with E-state index in [2.05, 4.69) is 6.58 Å². The zero-order valence-corrected chi connectivity index (χ0v) is 11.4. The SMILES string of the molecule is C=C[C@@H](c1cc(OC)ccc1O)[C@H](O)c1ccccc1. The first-order chi connectivity index (χ1) is 9.67. The van der Waals surface area contributed by atoms with Gasteiger partial charge in [0.15, 0.2) is 0 Å². The minimum atomic E-state index is -0.772. The molecule has 0 amide bonds. The maximum Gasteiger partial charge on any atom is 0.119 e. The van der Waals surface area contributed by atoms with Crippen molar-refractivity contribution in [3.8, 4) is 11.5 Å². The summed E-state index contributed by atoms with van der Waals surface area (Å²) in [4.78, 5) is 0. The van der Waals surface area contributed by atoms with Crippen molar-refractivity contribution in [1.82, 2.24) is 0 Å². The molecular weight excluding hydrogens is 252 g/mol. The molecule has 0 radical (unpaired) electrons. The van der Waals surface area contributed by atoms with Crippen molar-refractivity contribution in [1.29, 1.82) is 0 Å². The van der Waals surface area contributed by atoms with Crippen LogP contribution in [-0.2, 0) is 0 Å². The smallest absolute Gasteiger partial charge is 0.119 e. The fourth-order valence-corrected chi connectivity index (χ4v) is 2.21. The minimum absolute atomic E-state index is 0.116. The Morgan fingerprint density at radius 3 is 2.45 bits per heavy atom. The van der Waals surface area contributed by atoms with E-state index in [0.717, 1.165) is 5.56 Å². The second-order valence-corrected chi connectivity index (χ2v) is 4.54. The summed E-state index contributed by atoms with van der Waals surface area (Å²) in [6.45, 7) is 3.77. The van der Waals surface area contributed by atoms with Crippen LogP contribution >= 0.6 is 0 Å². The van der Waals surface area contributed by atoms with Crippen LogP contribution in [0.2, 0.25) is 0 Å². The molecule has 0 aliphatic heterocycles. The van der Waals surface area contributed by atoms with Crippen molar-refractivity contribution >= 4 is 0 Å². The van der Waals surface area contributed by atoms with E-state index >= 15 is 0 Å². The van der Waals surface area contributed by atoms with Gasteiger partial charge in [-0.3, -0.25) is 0 Å². The van der Waals surface area contributed by atoms with Crippen LogP contribution in [0.5, 0.6) is 11.5 Å². The zero-order chi connectivity index (χ0) is 14.5. The molecule has 0 saturated heterocycles. The molecular formula is C17H18O3. The number of aliphatic hydroxyl groups excluding tert-OH is 1. The van der Waals surface area contributed by atoms with Crippen LogP contribution in [0, 0.1) is 0 Å². The van der Waals surface area contributed by atoms with Gasteiger partial charge in [0.05, 0.1) is 13.2 Å². The van der Waals surface area contributed by atoms with E-state index in [4.69, 9.17) is 4.74 Å². The predicted molar refractivity (Wildman–Crippen MR) is 79.0 cm³/mol. The summed E-state index contributed by atoms with van der Waals surface area (Å²) in [6.07, 6.45) is 0.860. The molecule has 2 atom stereocenters. The Labute approximate surface area is 118 Å². The van der Waals surface area contributed by atoms with E-state index in [0.29, 0.717) is 11.3 Å². The average molecular weight is 270 g/mol. The van der Waals surface area contributed by atoms with Gasteiger partial charge in [-0.25, -0.2) is 0 Å². The van der Waals surface area contributed by atoms with Crippen LogP contribution in [0.25, 0.3) is 0 Å². The normalized spacial score (nSPS) is 13.5. The largest absolute Gasteiger partial charge is 0.508 e. The molecule has 0 aliphatic carbocycles. The van der Waals surface area contributed by atoms with Gasteiger partial charge in [-0.15, -0.1) is 6.58 Å². The lowest BCUT2D eigenvalue weighted by Crippen LogP contribution is -2.09. The molecule has 3 nitrogen and oxygen atoms in total. The van der Waals surface area contributed by atoms with Crippen molar-refractivity contribution in [2.75, 3.05) is 7.11 Å². The Hall–Kier alpha value is -2.26. The average Bonchev–Trinajstić information content (AvgIpc) is 2.50. The van der Waals surface area contributed by atoms with E-state index in [1.165, 1.54) is 0 Å². The second kappa shape index (κ2) is 6.26. The lowest BCUT2D eigenvalue weighted by molar-refractivity contribution is 0.160. The lowest BCUT2D eigenvalue weighted by Gasteiger charge is -2.21. The number of phenols is 1. The van der Waals surface area contributed by atoms with Gasteiger partial charge in [0.25, 0.3) is 0 Å². The third-order valence-electron chi connectivity index (χ3n) is 3.33. The number of rotatable bonds is 5. The fraction of sp³-hybridized carbons (Fsp3) is 0.176. The molecule has 0 aliphatic rings. The van der Waals surface area contributed by atoms with Crippen molar-refractivity contribution in [2.24, 2.45) is 0 Å². The molecule has 2 rings (SSSR count).